The summed E-state index contributed by atoms with van der Waals surface area (Å²) < 4.78 is 0. The number of hydrogen-bond acceptors (Lipinski definition) is 2. The molecule has 1 amide bonds. The van der Waals surface area contributed by atoms with Crippen LogP contribution in [0.15, 0.2) is 0 Å². The number of nitrogens with two attached hydrogens (primary N) is 1. The topological polar surface area (TPSA) is 45.7 Å². The number of carbonyl (C=O) groups excluding carboxylic acids is 1. The molecule has 0 aromatic heterocycles. The van der Waals surface area contributed by atoms with Crippen LogP contribution in [0, 0.1) is 0 Å². The maximum atomic E-state index is 11.5. The molecule has 3 N–H and O–H groups in total. The van der Waals surface area contributed by atoms with Gasteiger partial charge in [-0.15, -0.1) is 0 Å². The number of primary amides is 1. The Hall–Kier alpha value is 0.170. The summed E-state index contributed by atoms with van der Waals surface area (Å²) in [5, 5.41) is 5.14. The molecule has 1 saturated heterocycles. The summed E-state index contributed by atoms with van der Waals surface area (Å²) >= 11 is 0. The monoisotopic (exact) mass is 255 g/mol. The Morgan fingerprint density at radius 3 is 2.33 bits per heavy atom. The van der Waals surface area contributed by atoms with E-state index in [1.807, 2.05) is 19.2 Å². The first-order valence-electron chi connectivity index (χ1n) is 5.22. The van der Waals surface area contributed by atoms with Crippen LogP contribution in [0.5, 0.6) is 0 Å². The number of rotatable bonds is 4. The molecule has 0 bridgehead atoms. The molecule has 5 heteroatoms. The third kappa shape index (κ3) is 5.71. The number of amides is 1. The molecule has 0 saturated carbocycles. The van der Waals surface area contributed by atoms with Crippen LogP contribution < -0.4 is 35.4 Å². The molecular weight excluding hydrogens is 235 g/mol. The van der Waals surface area contributed by atoms with Crippen molar-refractivity contribution in [2.24, 2.45) is 0 Å². The quantitative estimate of drug-likeness (QED) is 0.493. The summed E-state index contributed by atoms with van der Waals surface area (Å²) in [5.41, 5.74) is -0.0893. The van der Waals surface area contributed by atoms with Crippen molar-refractivity contribution in [1.82, 2.24) is 5.32 Å². The zero-order valence-electron chi connectivity index (χ0n) is 9.65. The van der Waals surface area contributed by atoms with Gasteiger partial charge >= 0.3 is 5.91 Å². The van der Waals surface area contributed by atoms with Gasteiger partial charge in [0.15, 0.2) is 5.66 Å². The zero-order valence-corrected chi connectivity index (χ0v) is 11.2. The van der Waals surface area contributed by atoms with Gasteiger partial charge in [-0.3, -0.25) is 5.32 Å². The van der Waals surface area contributed by atoms with Gasteiger partial charge < -0.3 is 24.8 Å². The first kappa shape index (κ1) is 17.6. The van der Waals surface area contributed by atoms with Gasteiger partial charge in [-0.2, -0.15) is 0 Å². The normalized spacial score (nSPS) is 23.1. The Morgan fingerprint density at radius 1 is 1.33 bits per heavy atom. The van der Waals surface area contributed by atoms with E-state index in [4.69, 9.17) is 0 Å². The van der Waals surface area contributed by atoms with E-state index in [-0.39, 0.29) is 42.4 Å². The molecule has 1 atom stereocenters. The Morgan fingerprint density at radius 2 is 1.93 bits per heavy atom. The lowest BCUT2D eigenvalue weighted by Gasteiger charge is -2.13. The largest absolute Gasteiger partial charge is 1.00 e. The van der Waals surface area contributed by atoms with Gasteiger partial charge in [0, 0.05) is 13.8 Å². The van der Waals surface area contributed by atoms with Crippen LogP contribution in [0.3, 0.4) is 0 Å². The fourth-order valence-corrected chi connectivity index (χ4v) is 1.83. The zero-order chi connectivity index (χ0) is 9.90. The molecule has 15 heavy (non-hydrogen) atoms. The Bertz CT molecular complexity index is 198. The molecule has 0 spiro atoms. The molecular formula is C10H21Cl2N2O-. The Labute approximate surface area is 105 Å². The number of unbranched alkanes of at least 4 members (excludes halogenated alkanes) is 2. The average Bonchev–Trinajstić information content (AvgIpc) is 2.25. The van der Waals surface area contributed by atoms with Gasteiger partial charge in [0.2, 0.25) is 0 Å². The smallest absolute Gasteiger partial charge is 0.329 e. The highest BCUT2D eigenvalue weighted by Crippen LogP contribution is 2.08. The van der Waals surface area contributed by atoms with Gasteiger partial charge in [0.05, 0.1) is 0 Å². The molecule has 1 aliphatic rings. The molecule has 0 aliphatic carbocycles. The standard InChI is InChI=1S/C10H20N2O.2ClH/c1-4-5-6-7-8-9(13)12-10(2,3)11-8;;/h8,11H,4-7H2,1-3H3,(H,12,13);2*1H/p-1. The second kappa shape index (κ2) is 7.44. The number of halogens is 2. The molecule has 0 radical (unpaired) electrons. The number of quaternary nitrogens is 1. The highest BCUT2D eigenvalue weighted by Gasteiger charge is 2.40. The molecule has 1 heterocycles. The highest BCUT2D eigenvalue weighted by atomic mass is 35.5. The SMILES string of the molecule is CCCCCC1NC(C)(C)[NH2+]C1=O.[Cl-].[Cl-]. The van der Waals surface area contributed by atoms with Gasteiger partial charge in [0.25, 0.3) is 0 Å². The lowest BCUT2D eigenvalue weighted by atomic mass is 10.1. The average molecular weight is 256 g/mol. The summed E-state index contributed by atoms with van der Waals surface area (Å²) in [6.45, 7) is 6.27. The van der Waals surface area contributed by atoms with Crippen LogP contribution in [0.4, 0.5) is 0 Å². The molecule has 3 nitrogen and oxygen atoms in total. The number of nitrogens with one attached hydrogen (secondary N) is 1. The molecule has 1 fully saturated rings. The predicted molar refractivity (Wildman–Crippen MR) is 52.1 cm³/mol. The van der Waals surface area contributed by atoms with Crippen molar-refractivity contribution in [2.75, 3.05) is 0 Å². The third-order valence-electron chi connectivity index (χ3n) is 2.49. The molecule has 1 unspecified atom stereocenters. The lowest BCUT2D eigenvalue weighted by molar-refractivity contribution is -0.629. The van der Waals surface area contributed by atoms with Crippen molar-refractivity contribution in [3.05, 3.63) is 0 Å². The summed E-state index contributed by atoms with van der Waals surface area (Å²) in [7, 11) is 0. The summed E-state index contributed by atoms with van der Waals surface area (Å²) in [4.78, 5) is 11.5. The van der Waals surface area contributed by atoms with E-state index in [1.165, 1.54) is 12.8 Å². The third-order valence-corrected chi connectivity index (χ3v) is 2.49. The summed E-state index contributed by atoms with van der Waals surface area (Å²) in [5.74, 6) is 0.279. The van der Waals surface area contributed by atoms with Crippen LogP contribution >= 0.6 is 0 Å². The molecule has 1 rings (SSSR count). The molecule has 0 aromatic rings. The van der Waals surface area contributed by atoms with Gasteiger partial charge in [-0.25, -0.2) is 10.1 Å². The minimum Gasteiger partial charge on any atom is -1.00 e. The maximum Gasteiger partial charge on any atom is 0.329 e. The van der Waals surface area contributed by atoms with Crippen molar-refractivity contribution in [2.45, 2.75) is 58.2 Å². The van der Waals surface area contributed by atoms with E-state index in [1.54, 1.807) is 0 Å². The van der Waals surface area contributed by atoms with E-state index in [9.17, 15) is 4.79 Å². The van der Waals surface area contributed by atoms with Crippen LogP contribution in [0.25, 0.3) is 0 Å². The van der Waals surface area contributed by atoms with Gasteiger partial charge in [0.1, 0.15) is 6.04 Å². The summed E-state index contributed by atoms with van der Waals surface area (Å²) in [6, 6.07) is 0.0848. The Kier molecular flexibility index (Phi) is 8.72. The first-order valence-corrected chi connectivity index (χ1v) is 5.22. The van der Waals surface area contributed by atoms with E-state index >= 15 is 0 Å². The number of carbonyl (C=O) groups is 1. The number of hydrogen-bond donors (Lipinski definition) is 2. The lowest BCUT2D eigenvalue weighted by Crippen LogP contribution is -3.00. The Balaban J connectivity index is 0. The second-order valence-electron chi connectivity index (χ2n) is 4.46. The van der Waals surface area contributed by atoms with E-state index in [2.05, 4.69) is 12.2 Å². The van der Waals surface area contributed by atoms with Crippen molar-refractivity contribution < 1.29 is 34.9 Å². The molecule has 1 aliphatic heterocycles. The van der Waals surface area contributed by atoms with Crippen LogP contribution in [-0.2, 0) is 4.79 Å². The van der Waals surface area contributed by atoms with Gasteiger partial charge in [-0.1, -0.05) is 26.2 Å². The highest BCUT2D eigenvalue weighted by molar-refractivity contribution is 5.74. The molecule has 0 aromatic carbocycles. The fraction of sp³-hybridized carbons (Fsp3) is 0.900. The van der Waals surface area contributed by atoms with E-state index in [0.29, 0.717) is 0 Å². The second-order valence-corrected chi connectivity index (χ2v) is 4.46. The van der Waals surface area contributed by atoms with E-state index < -0.39 is 0 Å². The van der Waals surface area contributed by atoms with Gasteiger partial charge in [-0.05, 0) is 6.42 Å². The van der Waals surface area contributed by atoms with Crippen LogP contribution in [0.1, 0.15) is 46.5 Å². The summed E-state index contributed by atoms with van der Waals surface area (Å²) in [6.07, 6.45) is 4.59. The van der Waals surface area contributed by atoms with E-state index in [0.717, 1.165) is 12.8 Å². The minimum absolute atomic E-state index is 0. The predicted octanol–water partition coefficient (Wildman–Crippen LogP) is -5.63. The molecule has 92 valence electrons. The van der Waals surface area contributed by atoms with Crippen molar-refractivity contribution >= 4 is 5.91 Å². The minimum atomic E-state index is -0.0893. The van der Waals surface area contributed by atoms with Crippen molar-refractivity contribution in [1.29, 1.82) is 0 Å². The van der Waals surface area contributed by atoms with Crippen LogP contribution in [-0.4, -0.2) is 17.6 Å². The fourth-order valence-electron chi connectivity index (χ4n) is 1.83. The first-order chi connectivity index (χ1) is 6.05. The maximum absolute atomic E-state index is 11.5. The van der Waals surface area contributed by atoms with Crippen LogP contribution in [0.2, 0.25) is 0 Å². The van der Waals surface area contributed by atoms with Crippen molar-refractivity contribution in [3.8, 4) is 0 Å². The van der Waals surface area contributed by atoms with Crippen molar-refractivity contribution in [3.63, 3.8) is 0 Å².